The highest BCUT2D eigenvalue weighted by Gasteiger charge is 2.54. The van der Waals surface area contributed by atoms with Crippen LogP contribution in [0.25, 0.3) is 0 Å². The fraction of sp³-hybridized carbons (Fsp3) is 0.818. The third-order valence-corrected chi connectivity index (χ3v) is 2.81. The van der Waals surface area contributed by atoms with Crippen molar-refractivity contribution < 1.29 is 19.4 Å². The average molecular weight is 244 g/mol. The molecule has 17 heavy (non-hydrogen) atoms. The molecule has 0 spiro atoms. The van der Waals surface area contributed by atoms with Crippen molar-refractivity contribution in [2.45, 2.75) is 31.9 Å². The minimum atomic E-state index is -0.975. The van der Waals surface area contributed by atoms with Crippen LogP contribution in [-0.4, -0.2) is 65.3 Å². The molecule has 98 valence electrons. The Labute approximate surface area is 101 Å². The quantitative estimate of drug-likeness (QED) is 0.771. The molecule has 6 heteroatoms. The topological polar surface area (TPSA) is 70.1 Å². The highest BCUT2D eigenvalue weighted by atomic mass is 16.6. The van der Waals surface area contributed by atoms with E-state index in [0.717, 1.165) is 0 Å². The van der Waals surface area contributed by atoms with Crippen LogP contribution >= 0.6 is 0 Å². The number of carboxylic acids is 1. The summed E-state index contributed by atoms with van der Waals surface area (Å²) in [6.07, 6.45) is -0.462. The molecule has 0 aromatic carbocycles. The normalized spacial score (nSPS) is 18.8. The molecule has 0 unspecified atom stereocenters. The number of carbonyl (C=O) groups excluding carboxylic acids is 1. The maximum Gasteiger partial charge on any atom is 0.410 e. The first kappa shape index (κ1) is 13.8. The molecule has 0 aliphatic carbocycles. The van der Waals surface area contributed by atoms with Crippen molar-refractivity contribution in [1.29, 1.82) is 0 Å². The van der Waals surface area contributed by atoms with Crippen molar-refractivity contribution in [3.8, 4) is 0 Å². The van der Waals surface area contributed by atoms with Crippen LogP contribution in [0.15, 0.2) is 0 Å². The monoisotopic (exact) mass is 244 g/mol. The maximum atomic E-state index is 11.7. The van der Waals surface area contributed by atoms with Crippen LogP contribution in [0.2, 0.25) is 0 Å². The summed E-state index contributed by atoms with van der Waals surface area (Å²) in [6.45, 7) is 5.65. The summed E-state index contributed by atoms with van der Waals surface area (Å²) >= 11 is 0. The Bertz CT molecular complexity index is 327. The zero-order valence-corrected chi connectivity index (χ0v) is 11.0. The number of hydrogen-bond acceptors (Lipinski definition) is 4. The third-order valence-electron chi connectivity index (χ3n) is 2.81. The molecule has 1 rings (SSSR count). The predicted molar refractivity (Wildman–Crippen MR) is 61.9 cm³/mol. The van der Waals surface area contributed by atoms with E-state index in [2.05, 4.69) is 0 Å². The van der Waals surface area contributed by atoms with Crippen LogP contribution in [0, 0.1) is 0 Å². The summed E-state index contributed by atoms with van der Waals surface area (Å²) < 4.78 is 5.17. The summed E-state index contributed by atoms with van der Waals surface area (Å²) in [7, 11) is 3.39. The summed E-state index contributed by atoms with van der Waals surface area (Å²) in [6, 6.07) is 0. The summed E-state index contributed by atoms with van der Waals surface area (Å²) in [4.78, 5) is 25.9. The van der Waals surface area contributed by atoms with Crippen molar-refractivity contribution in [2.24, 2.45) is 0 Å². The standard InChI is InChI=1S/C11H20N2O4/c1-10(2,3)17-9(16)13-6-11(7-13,8(14)15)12(4)5/h6-7H2,1-5H3,(H,14,15). The smallest absolute Gasteiger partial charge is 0.410 e. The second kappa shape index (κ2) is 4.18. The highest BCUT2D eigenvalue weighted by molar-refractivity contribution is 5.84. The van der Waals surface area contributed by atoms with Crippen LogP contribution in [0.3, 0.4) is 0 Å². The molecule has 0 radical (unpaired) electrons. The van der Waals surface area contributed by atoms with Crippen LogP contribution < -0.4 is 0 Å². The Morgan fingerprint density at radius 1 is 1.29 bits per heavy atom. The summed E-state index contributed by atoms with van der Waals surface area (Å²) in [5.41, 5.74) is -1.53. The lowest BCUT2D eigenvalue weighted by Crippen LogP contribution is -2.73. The van der Waals surface area contributed by atoms with Crippen LogP contribution in [0.4, 0.5) is 4.79 Å². The van der Waals surface area contributed by atoms with Crippen molar-refractivity contribution in [3.05, 3.63) is 0 Å². The Morgan fingerprint density at radius 2 is 1.76 bits per heavy atom. The van der Waals surface area contributed by atoms with Gasteiger partial charge in [-0.1, -0.05) is 0 Å². The number of hydrogen-bond donors (Lipinski definition) is 1. The molecule has 1 heterocycles. The third kappa shape index (κ3) is 2.69. The van der Waals surface area contributed by atoms with E-state index in [1.165, 1.54) is 4.90 Å². The maximum absolute atomic E-state index is 11.7. The van der Waals surface area contributed by atoms with E-state index < -0.39 is 23.2 Å². The average Bonchev–Trinajstić information content (AvgIpc) is 1.95. The number of nitrogens with zero attached hydrogens (tertiary/aromatic N) is 2. The minimum Gasteiger partial charge on any atom is -0.480 e. The van der Waals surface area contributed by atoms with Gasteiger partial charge in [0.1, 0.15) is 5.60 Å². The molecular formula is C11H20N2O4. The molecule has 0 saturated carbocycles. The van der Waals surface area contributed by atoms with Crippen molar-refractivity contribution in [2.75, 3.05) is 27.2 Å². The van der Waals surface area contributed by atoms with E-state index in [1.807, 2.05) is 0 Å². The van der Waals surface area contributed by atoms with Gasteiger partial charge in [-0.2, -0.15) is 0 Å². The van der Waals surface area contributed by atoms with Gasteiger partial charge in [-0.25, -0.2) is 4.79 Å². The van der Waals surface area contributed by atoms with Gasteiger partial charge in [0.15, 0.2) is 5.54 Å². The zero-order valence-electron chi connectivity index (χ0n) is 11.0. The van der Waals surface area contributed by atoms with Crippen LogP contribution in [0.5, 0.6) is 0 Å². The number of likely N-dealkylation sites (N-methyl/N-ethyl adjacent to an activating group) is 1. The summed E-state index contributed by atoms with van der Waals surface area (Å²) in [5.74, 6) is -0.915. The van der Waals surface area contributed by atoms with E-state index in [0.29, 0.717) is 0 Å². The van der Waals surface area contributed by atoms with Gasteiger partial charge in [0.2, 0.25) is 0 Å². The fourth-order valence-corrected chi connectivity index (χ4v) is 1.65. The first-order chi connectivity index (χ1) is 7.58. The molecule has 1 aliphatic rings. The van der Waals surface area contributed by atoms with E-state index in [-0.39, 0.29) is 13.1 Å². The molecule has 1 amide bonds. The first-order valence-corrected chi connectivity index (χ1v) is 5.47. The van der Waals surface area contributed by atoms with Gasteiger partial charge >= 0.3 is 12.1 Å². The van der Waals surface area contributed by atoms with Crippen molar-refractivity contribution in [1.82, 2.24) is 9.80 Å². The Kier molecular flexibility index (Phi) is 3.38. The summed E-state index contributed by atoms with van der Waals surface area (Å²) in [5, 5.41) is 9.17. The number of rotatable bonds is 2. The van der Waals surface area contributed by atoms with Crippen molar-refractivity contribution in [3.63, 3.8) is 0 Å². The van der Waals surface area contributed by atoms with Crippen LogP contribution in [-0.2, 0) is 9.53 Å². The molecule has 0 atom stereocenters. The molecule has 0 bridgehead atoms. The molecule has 0 aromatic rings. The molecule has 1 fully saturated rings. The molecule has 0 aromatic heterocycles. The van der Waals surface area contributed by atoms with Gasteiger partial charge in [-0.15, -0.1) is 0 Å². The zero-order chi connectivity index (χ0) is 13.4. The van der Waals surface area contributed by atoms with Gasteiger partial charge in [0, 0.05) is 0 Å². The van der Waals surface area contributed by atoms with Gasteiger partial charge in [0.25, 0.3) is 0 Å². The molecule has 1 aliphatic heterocycles. The Hall–Kier alpha value is -1.30. The number of aliphatic carboxylic acids is 1. The number of ether oxygens (including phenoxy) is 1. The Morgan fingerprint density at radius 3 is 2.06 bits per heavy atom. The van der Waals surface area contributed by atoms with E-state index in [4.69, 9.17) is 9.84 Å². The Balaban J connectivity index is 2.61. The van der Waals surface area contributed by atoms with E-state index in [9.17, 15) is 9.59 Å². The molecular weight excluding hydrogens is 224 g/mol. The lowest BCUT2D eigenvalue weighted by molar-refractivity contribution is -0.160. The van der Waals surface area contributed by atoms with Gasteiger partial charge in [0.05, 0.1) is 13.1 Å². The number of amides is 1. The molecule has 1 saturated heterocycles. The largest absolute Gasteiger partial charge is 0.480 e. The second-order valence-corrected chi connectivity index (χ2v) is 5.57. The second-order valence-electron chi connectivity index (χ2n) is 5.57. The van der Waals surface area contributed by atoms with Crippen molar-refractivity contribution >= 4 is 12.1 Å². The first-order valence-electron chi connectivity index (χ1n) is 5.47. The highest BCUT2D eigenvalue weighted by Crippen LogP contribution is 2.27. The SMILES string of the molecule is CN(C)C1(C(=O)O)CN(C(=O)OC(C)(C)C)C1. The lowest BCUT2D eigenvalue weighted by Gasteiger charge is -2.50. The van der Waals surface area contributed by atoms with Gasteiger partial charge < -0.3 is 14.7 Å². The number of likely N-dealkylation sites (tertiary alicyclic amines) is 1. The molecule has 6 nitrogen and oxygen atoms in total. The number of carbonyl (C=O) groups is 2. The number of carboxylic acid groups (broad SMARTS) is 1. The molecule has 1 N–H and O–H groups in total. The fourth-order valence-electron chi connectivity index (χ4n) is 1.65. The van der Waals surface area contributed by atoms with E-state index in [1.54, 1.807) is 39.8 Å². The van der Waals surface area contributed by atoms with Crippen LogP contribution in [0.1, 0.15) is 20.8 Å². The lowest BCUT2D eigenvalue weighted by atomic mass is 9.89. The van der Waals surface area contributed by atoms with Gasteiger partial charge in [-0.3, -0.25) is 9.69 Å². The van der Waals surface area contributed by atoms with Gasteiger partial charge in [-0.05, 0) is 34.9 Å². The predicted octanol–water partition coefficient (Wildman–Crippen LogP) is 0.622. The minimum absolute atomic E-state index is 0.157. The van der Waals surface area contributed by atoms with E-state index >= 15 is 0 Å².